The Balaban J connectivity index is 1.91. The highest BCUT2D eigenvalue weighted by Crippen LogP contribution is 2.30. The zero-order valence-electron chi connectivity index (χ0n) is 10.3. The summed E-state index contributed by atoms with van der Waals surface area (Å²) in [4.78, 5) is 11.9. The number of nitrogens with zero attached hydrogens (tertiary/aromatic N) is 1. The lowest BCUT2D eigenvalue weighted by molar-refractivity contribution is -0.119. The van der Waals surface area contributed by atoms with Gasteiger partial charge in [-0.05, 0) is 30.4 Å². The number of nitrogens with one attached hydrogen (secondary N) is 1. The Morgan fingerprint density at radius 1 is 1.28 bits per heavy atom. The van der Waals surface area contributed by atoms with Crippen LogP contribution < -0.4 is 5.43 Å². The van der Waals surface area contributed by atoms with Crippen molar-refractivity contribution in [3.05, 3.63) is 35.9 Å². The van der Waals surface area contributed by atoms with Crippen molar-refractivity contribution in [3.63, 3.8) is 0 Å². The van der Waals surface area contributed by atoms with Crippen molar-refractivity contribution in [1.29, 1.82) is 0 Å². The van der Waals surface area contributed by atoms with E-state index in [1.807, 2.05) is 37.3 Å². The van der Waals surface area contributed by atoms with Gasteiger partial charge in [0, 0.05) is 0 Å². The Hall–Kier alpha value is -0.940. The van der Waals surface area contributed by atoms with Crippen LogP contribution in [-0.2, 0) is 4.79 Å². The van der Waals surface area contributed by atoms with Crippen molar-refractivity contribution in [2.75, 3.05) is 11.5 Å². The van der Waals surface area contributed by atoms with Crippen molar-refractivity contribution in [2.24, 2.45) is 5.10 Å². The van der Waals surface area contributed by atoms with Crippen molar-refractivity contribution < 1.29 is 4.79 Å². The normalized spacial score (nSPS) is 17.5. The fourth-order valence-corrected chi connectivity index (χ4v) is 4.18. The second-order valence-corrected chi connectivity index (χ2v) is 6.69. The van der Waals surface area contributed by atoms with Gasteiger partial charge in [0.25, 0.3) is 5.91 Å². The number of carbonyl (C=O) groups is 1. The molecule has 1 heterocycles. The molecule has 1 saturated heterocycles. The first-order valence-corrected chi connectivity index (χ1v) is 8.00. The Kier molecular flexibility index (Phi) is 5.13. The molecular weight excluding hydrogens is 264 g/mol. The summed E-state index contributed by atoms with van der Waals surface area (Å²) >= 11 is 3.40. The highest BCUT2D eigenvalue weighted by molar-refractivity contribution is 8.18. The molecule has 1 aromatic rings. The minimum atomic E-state index is -0.00827. The molecule has 1 fully saturated rings. The van der Waals surface area contributed by atoms with Gasteiger partial charge < -0.3 is 0 Å². The third kappa shape index (κ3) is 3.78. The molecule has 2 rings (SSSR count). The van der Waals surface area contributed by atoms with E-state index in [1.54, 1.807) is 23.5 Å². The van der Waals surface area contributed by atoms with Gasteiger partial charge in [-0.15, -0.1) is 23.5 Å². The van der Waals surface area contributed by atoms with E-state index >= 15 is 0 Å². The molecule has 3 nitrogen and oxygen atoms in total. The van der Waals surface area contributed by atoms with E-state index in [0.717, 1.165) is 22.8 Å². The SMILES string of the molecule is CC(=NNC(=O)C1SCCCS1)c1ccccc1. The lowest BCUT2D eigenvalue weighted by Gasteiger charge is -2.18. The highest BCUT2D eigenvalue weighted by atomic mass is 32.2. The monoisotopic (exact) mass is 280 g/mol. The van der Waals surface area contributed by atoms with E-state index in [4.69, 9.17) is 0 Å². The minimum Gasteiger partial charge on any atom is -0.271 e. The molecule has 0 atom stereocenters. The molecule has 0 spiro atoms. The third-order valence-electron chi connectivity index (χ3n) is 2.57. The molecule has 1 aliphatic heterocycles. The molecule has 96 valence electrons. The largest absolute Gasteiger partial charge is 0.271 e. The molecule has 5 heteroatoms. The number of hydrogen-bond acceptors (Lipinski definition) is 4. The Labute approximate surface area is 116 Å². The van der Waals surface area contributed by atoms with E-state index in [9.17, 15) is 4.79 Å². The van der Waals surface area contributed by atoms with Gasteiger partial charge in [0.1, 0.15) is 4.58 Å². The van der Waals surface area contributed by atoms with Crippen LogP contribution in [0.25, 0.3) is 0 Å². The van der Waals surface area contributed by atoms with Crippen LogP contribution in [0, 0.1) is 0 Å². The maximum atomic E-state index is 11.9. The molecular formula is C13H16N2OS2. The first-order valence-electron chi connectivity index (χ1n) is 5.90. The number of amides is 1. The number of hydrogen-bond donors (Lipinski definition) is 1. The van der Waals surface area contributed by atoms with Crippen molar-refractivity contribution in [2.45, 2.75) is 17.9 Å². The summed E-state index contributed by atoms with van der Waals surface area (Å²) in [5, 5.41) is 4.16. The number of thioether (sulfide) groups is 2. The van der Waals surface area contributed by atoms with Gasteiger partial charge in [-0.2, -0.15) is 5.10 Å². The summed E-state index contributed by atoms with van der Waals surface area (Å²) < 4.78 is -0.00827. The van der Waals surface area contributed by atoms with E-state index in [-0.39, 0.29) is 10.5 Å². The predicted molar refractivity (Wildman–Crippen MR) is 80.1 cm³/mol. The van der Waals surface area contributed by atoms with Crippen LogP contribution in [0.4, 0.5) is 0 Å². The molecule has 0 aromatic heterocycles. The first kappa shape index (κ1) is 13.5. The summed E-state index contributed by atoms with van der Waals surface area (Å²) in [7, 11) is 0. The number of benzene rings is 1. The summed E-state index contributed by atoms with van der Waals surface area (Å²) in [5.74, 6) is 2.12. The summed E-state index contributed by atoms with van der Waals surface area (Å²) in [6.07, 6.45) is 1.19. The molecule has 0 saturated carbocycles. The van der Waals surface area contributed by atoms with Crippen LogP contribution in [0.3, 0.4) is 0 Å². The van der Waals surface area contributed by atoms with Gasteiger partial charge in [0.05, 0.1) is 5.71 Å². The minimum absolute atomic E-state index is 0.0000175. The van der Waals surface area contributed by atoms with Crippen LogP contribution in [0.5, 0.6) is 0 Å². The quantitative estimate of drug-likeness (QED) is 0.684. The Morgan fingerprint density at radius 2 is 1.94 bits per heavy atom. The number of hydrazone groups is 1. The summed E-state index contributed by atoms with van der Waals surface area (Å²) in [6.45, 7) is 1.90. The Bertz CT molecular complexity index is 428. The standard InChI is InChI=1S/C13H16N2OS2/c1-10(11-6-3-2-4-7-11)14-15-12(16)13-17-8-5-9-18-13/h2-4,6-7,13H,5,8-9H2,1H3,(H,15,16). The zero-order chi connectivity index (χ0) is 12.8. The smallest absolute Gasteiger partial charge is 0.263 e. The molecule has 1 aromatic carbocycles. The first-order chi connectivity index (χ1) is 8.77. The fourth-order valence-electron chi connectivity index (χ4n) is 1.57. The topological polar surface area (TPSA) is 41.5 Å². The molecule has 1 aliphatic rings. The molecule has 1 N–H and O–H groups in total. The van der Waals surface area contributed by atoms with Gasteiger partial charge in [0.2, 0.25) is 0 Å². The third-order valence-corrected chi connectivity index (χ3v) is 5.47. The van der Waals surface area contributed by atoms with Gasteiger partial charge in [0.15, 0.2) is 0 Å². The average Bonchev–Trinajstić information content (AvgIpc) is 2.46. The zero-order valence-corrected chi connectivity index (χ0v) is 11.9. The van der Waals surface area contributed by atoms with Gasteiger partial charge in [-0.1, -0.05) is 30.3 Å². The highest BCUT2D eigenvalue weighted by Gasteiger charge is 2.21. The number of carbonyl (C=O) groups excluding carboxylic acids is 1. The van der Waals surface area contributed by atoms with Crippen LogP contribution in [0.2, 0.25) is 0 Å². The van der Waals surface area contributed by atoms with E-state index in [0.29, 0.717) is 0 Å². The Morgan fingerprint density at radius 3 is 2.61 bits per heavy atom. The second kappa shape index (κ2) is 6.85. The molecule has 1 amide bonds. The van der Waals surface area contributed by atoms with Crippen LogP contribution >= 0.6 is 23.5 Å². The molecule has 18 heavy (non-hydrogen) atoms. The van der Waals surface area contributed by atoms with Crippen molar-refractivity contribution in [3.8, 4) is 0 Å². The predicted octanol–water partition coefficient (Wildman–Crippen LogP) is 2.72. The van der Waals surface area contributed by atoms with Crippen LogP contribution in [0.1, 0.15) is 18.9 Å². The average molecular weight is 280 g/mol. The van der Waals surface area contributed by atoms with E-state index < -0.39 is 0 Å². The van der Waals surface area contributed by atoms with Crippen molar-refractivity contribution >= 4 is 35.1 Å². The lowest BCUT2D eigenvalue weighted by Crippen LogP contribution is -2.29. The number of rotatable bonds is 3. The molecule has 0 aliphatic carbocycles. The second-order valence-electron chi connectivity index (χ2n) is 3.97. The summed E-state index contributed by atoms with van der Waals surface area (Å²) in [6, 6.07) is 9.85. The maximum absolute atomic E-state index is 11.9. The van der Waals surface area contributed by atoms with E-state index in [2.05, 4.69) is 10.5 Å². The van der Waals surface area contributed by atoms with Gasteiger partial charge in [-0.3, -0.25) is 4.79 Å². The van der Waals surface area contributed by atoms with E-state index in [1.165, 1.54) is 6.42 Å². The van der Waals surface area contributed by atoms with Gasteiger partial charge >= 0.3 is 0 Å². The lowest BCUT2D eigenvalue weighted by atomic mass is 10.1. The van der Waals surface area contributed by atoms with Crippen LogP contribution in [0.15, 0.2) is 35.4 Å². The maximum Gasteiger partial charge on any atom is 0.263 e. The van der Waals surface area contributed by atoms with Crippen molar-refractivity contribution in [1.82, 2.24) is 5.43 Å². The molecule has 0 unspecified atom stereocenters. The molecule has 0 radical (unpaired) electrons. The van der Waals surface area contributed by atoms with Crippen LogP contribution in [-0.4, -0.2) is 27.7 Å². The molecule has 0 bridgehead atoms. The van der Waals surface area contributed by atoms with Gasteiger partial charge in [-0.25, -0.2) is 5.43 Å². The summed E-state index contributed by atoms with van der Waals surface area (Å²) in [5.41, 5.74) is 4.52. The fraction of sp³-hybridized carbons (Fsp3) is 0.385.